The predicted octanol–water partition coefficient (Wildman–Crippen LogP) is 23.6. The average molecular weight is 1110 g/mol. The molecule has 0 aromatic carbocycles. The second-order valence-electron chi connectivity index (χ2n) is 22.7. The van der Waals surface area contributed by atoms with Gasteiger partial charge in [-0.15, -0.1) is 0 Å². The van der Waals surface area contributed by atoms with Crippen LogP contribution in [0.4, 0.5) is 0 Å². The topological polar surface area (TPSA) is 78.9 Å². The summed E-state index contributed by atoms with van der Waals surface area (Å²) in [5.41, 5.74) is 0. The minimum Gasteiger partial charge on any atom is -0.462 e. The first-order valence-corrected chi connectivity index (χ1v) is 34.2. The summed E-state index contributed by atoms with van der Waals surface area (Å²) in [4.78, 5) is 38.5. The lowest BCUT2D eigenvalue weighted by molar-refractivity contribution is -0.167. The zero-order valence-corrected chi connectivity index (χ0v) is 52.8. The highest BCUT2D eigenvalue weighted by molar-refractivity contribution is 5.71. The Kier molecular flexibility index (Phi) is 64.7. The summed E-state index contributed by atoms with van der Waals surface area (Å²) in [5, 5.41) is 0. The second-order valence-corrected chi connectivity index (χ2v) is 22.7. The van der Waals surface area contributed by atoms with E-state index in [1.807, 2.05) is 0 Å². The van der Waals surface area contributed by atoms with Gasteiger partial charge in [0.15, 0.2) is 6.10 Å². The van der Waals surface area contributed by atoms with Gasteiger partial charge in [0, 0.05) is 19.3 Å². The lowest BCUT2D eigenvalue weighted by Crippen LogP contribution is -2.30. The molecule has 1 unspecified atom stereocenters. The van der Waals surface area contributed by atoms with Crippen molar-refractivity contribution in [1.29, 1.82) is 0 Å². The molecule has 0 aliphatic rings. The van der Waals surface area contributed by atoms with E-state index in [1.165, 1.54) is 180 Å². The van der Waals surface area contributed by atoms with E-state index in [1.54, 1.807) is 0 Å². The highest BCUT2D eigenvalue weighted by Crippen LogP contribution is 2.17. The van der Waals surface area contributed by atoms with Crippen molar-refractivity contribution in [3.05, 3.63) is 97.2 Å². The molecule has 0 aliphatic carbocycles. The van der Waals surface area contributed by atoms with Gasteiger partial charge in [0.2, 0.25) is 0 Å². The fourth-order valence-corrected chi connectivity index (χ4v) is 9.71. The summed E-state index contributed by atoms with van der Waals surface area (Å²) in [5.74, 6) is -0.898. The van der Waals surface area contributed by atoms with Crippen molar-refractivity contribution in [3.8, 4) is 0 Å². The average Bonchev–Trinajstić information content (AvgIpc) is 3.46. The largest absolute Gasteiger partial charge is 0.462 e. The number of ether oxygens (including phenoxy) is 3. The molecule has 460 valence electrons. The normalized spacial score (nSPS) is 12.7. The Morgan fingerprint density at radius 2 is 0.487 bits per heavy atom. The lowest BCUT2D eigenvalue weighted by atomic mass is 10.0. The number of hydrogen-bond acceptors (Lipinski definition) is 6. The SMILES string of the molecule is CC/C=C\C/C=C\C/C=C\C/C=C\C/C=C\C/C=C\CCCCCCC(=O)OCC(COC(=O)CCCCCCCCCCC/C=C\C/C=C\CCCCC)OC(=O)CCCCCCCCCCCCCCCCCCCCCC. The molecule has 6 heteroatoms. The van der Waals surface area contributed by atoms with Crippen LogP contribution in [0.25, 0.3) is 0 Å². The van der Waals surface area contributed by atoms with E-state index in [9.17, 15) is 14.4 Å². The van der Waals surface area contributed by atoms with E-state index in [-0.39, 0.29) is 31.1 Å². The monoisotopic (exact) mass is 1110 g/mol. The number of esters is 3. The van der Waals surface area contributed by atoms with Crippen LogP contribution in [0.2, 0.25) is 0 Å². The van der Waals surface area contributed by atoms with Gasteiger partial charge in [-0.1, -0.05) is 311 Å². The fourth-order valence-electron chi connectivity index (χ4n) is 9.71. The molecule has 0 saturated carbocycles. The van der Waals surface area contributed by atoms with Crippen LogP contribution in [0.1, 0.15) is 335 Å². The van der Waals surface area contributed by atoms with Crippen molar-refractivity contribution >= 4 is 17.9 Å². The molecule has 0 spiro atoms. The highest BCUT2D eigenvalue weighted by Gasteiger charge is 2.19. The molecule has 0 aromatic rings. The summed E-state index contributed by atoms with van der Waals surface area (Å²) in [7, 11) is 0. The highest BCUT2D eigenvalue weighted by atomic mass is 16.6. The van der Waals surface area contributed by atoms with Gasteiger partial charge in [-0.2, -0.15) is 0 Å². The first kappa shape index (κ1) is 76.3. The van der Waals surface area contributed by atoms with Crippen LogP contribution < -0.4 is 0 Å². The summed E-state index contributed by atoms with van der Waals surface area (Å²) >= 11 is 0. The second kappa shape index (κ2) is 67.8. The lowest BCUT2D eigenvalue weighted by Gasteiger charge is -2.18. The first-order valence-electron chi connectivity index (χ1n) is 34.2. The number of carbonyl (C=O) groups is 3. The van der Waals surface area contributed by atoms with E-state index in [0.29, 0.717) is 19.3 Å². The van der Waals surface area contributed by atoms with Crippen molar-refractivity contribution in [3.63, 3.8) is 0 Å². The molecular formula is C74H128O6. The van der Waals surface area contributed by atoms with Crippen molar-refractivity contribution in [2.24, 2.45) is 0 Å². The molecule has 0 aliphatic heterocycles. The van der Waals surface area contributed by atoms with Crippen LogP contribution in [-0.2, 0) is 28.6 Å². The van der Waals surface area contributed by atoms with E-state index in [4.69, 9.17) is 14.2 Å². The molecule has 80 heavy (non-hydrogen) atoms. The molecule has 0 rings (SSSR count). The number of allylic oxidation sites excluding steroid dienone is 16. The molecule has 0 amide bonds. The Morgan fingerprint density at radius 1 is 0.263 bits per heavy atom. The van der Waals surface area contributed by atoms with E-state index in [0.717, 1.165) is 116 Å². The third-order valence-corrected chi connectivity index (χ3v) is 14.8. The summed E-state index contributed by atoms with van der Waals surface area (Å²) < 4.78 is 17.0. The van der Waals surface area contributed by atoms with Crippen molar-refractivity contribution in [1.82, 2.24) is 0 Å². The molecule has 0 saturated heterocycles. The number of hydrogen-bond donors (Lipinski definition) is 0. The maximum Gasteiger partial charge on any atom is 0.306 e. The Balaban J connectivity index is 4.42. The minimum atomic E-state index is -0.791. The third kappa shape index (κ3) is 65.1. The van der Waals surface area contributed by atoms with Crippen molar-refractivity contribution < 1.29 is 28.6 Å². The standard InChI is InChI=1S/C74H128O6/c1-4-7-10-13-16-19-22-25-28-31-34-36-37-38-41-43-46-49-52-55-58-61-64-67-73(76)79-70-71(69-78-72(75)66-63-60-57-54-51-48-45-42-39-33-30-27-24-21-18-15-12-9-6-3)80-74(77)68-65-62-59-56-53-50-47-44-40-35-32-29-26-23-20-17-14-11-8-5-2/h7,10,16,18-19,21,25,27-28,30,34,36,38,41,46,49,71H,4-6,8-9,11-15,17,20,22-24,26,29,31-33,35,37,39-40,42-45,47-48,50-70H2,1-3H3/b10-7-,19-16-,21-18-,28-25-,30-27-,36-34-,41-38-,49-46-. The zero-order valence-electron chi connectivity index (χ0n) is 52.8. The van der Waals surface area contributed by atoms with Crippen molar-refractivity contribution in [2.45, 2.75) is 341 Å². The van der Waals surface area contributed by atoms with Crippen LogP contribution in [0.3, 0.4) is 0 Å². The molecule has 0 fully saturated rings. The van der Waals surface area contributed by atoms with Crippen LogP contribution in [0, 0.1) is 0 Å². The predicted molar refractivity (Wildman–Crippen MR) is 348 cm³/mol. The Hall–Kier alpha value is -3.67. The Morgan fingerprint density at radius 3 is 0.787 bits per heavy atom. The number of unbranched alkanes of at least 4 members (excludes halogenated alkanes) is 35. The quantitative estimate of drug-likeness (QED) is 0.0261. The number of carbonyl (C=O) groups excluding carboxylic acids is 3. The molecular weight excluding hydrogens is 985 g/mol. The van der Waals surface area contributed by atoms with Crippen LogP contribution >= 0.6 is 0 Å². The molecule has 0 radical (unpaired) electrons. The first-order chi connectivity index (χ1) is 39.5. The van der Waals surface area contributed by atoms with Gasteiger partial charge in [0.1, 0.15) is 13.2 Å². The molecule has 0 N–H and O–H groups in total. The van der Waals surface area contributed by atoms with Gasteiger partial charge in [-0.3, -0.25) is 14.4 Å². The van der Waals surface area contributed by atoms with E-state index < -0.39 is 6.10 Å². The molecule has 0 aromatic heterocycles. The van der Waals surface area contributed by atoms with Crippen LogP contribution in [0.15, 0.2) is 97.2 Å². The fraction of sp³-hybridized carbons (Fsp3) is 0.743. The van der Waals surface area contributed by atoms with E-state index >= 15 is 0 Å². The number of rotatable bonds is 62. The summed E-state index contributed by atoms with van der Waals surface area (Å²) in [6, 6.07) is 0. The molecule has 1 atom stereocenters. The maximum absolute atomic E-state index is 13.0. The van der Waals surface area contributed by atoms with Gasteiger partial charge in [-0.05, 0) is 103 Å². The minimum absolute atomic E-state index is 0.0856. The maximum atomic E-state index is 13.0. The van der Waals surface area contributed by atoms with Gasteiger partial charge < -0.3 is 14.2 Å². The summed E-state index contributed by atoms with van der Waals surface area (Å²) in [6.45, 7) is 6.52. The van der Waals surface area contributed by atoms with Gasteiger partial charge in [0.05, 0.1) is 0 Å². The Bertz CT molecular complexity index is 1560. The smallest absolute Gasteiger partial charge is 0.306 e. The van der Waals surface area contributed by atoms with Crippen molar-refractivity contribution in [2.75, 3.05) is 13.2 Å². The van der Waals surface area contributed by atoms with Crippen LogP contribution in [0.5, 0.6) is 0 Å². The molecule has 0 bridgehead atoms. The molecule has 0 heterocycles. The van der Waals surface area contributed by atoms with E-state index in [2.05, 4.69) is 118 Å². The van der Waals surface area contributed by atoms with Gasteiger partial charge >= 0.3 is 17.9 Å². The zero-order chi connectivity index (χ0) is 57.8. The third-order valence-electron chi connectivity index (χ3n) is 14.8. The molecule has 6 nitrogen and oxygen atoms in total. The van der Waals surface area contributed by atoms with Gasteiger partial charge in [-0.25, -0.2) is 0 Å². The Labute approximate surface area is 496 Å². The van der Waals surface area contributed by atoms with Gasteiger partial charge in [0.25, 0.3) is 0 Å². The summed E-state index contributed by atoms with van der Waals surface area (Å²) in [6.07, 6.45) is 91.3. The van der Waals surface area contributed by atoms with Crippen LogP contribution in [-0.4, -0.2) is 37.2 Å².